The highest BCUT2D eigenvalue weighted by molar-refractivity contribution is 9.10. The molecule has 0 aliphatic heterocycles. The summed E-state index contributed by atoms with van der Waals surface area (Å²) in [4.78, 5) is 12.2. The fourth-order valence-corrected chi connectivity index (χ4v) is 2.72. The van der Waals surface area contributed by atoms with Crippen molar-refractivity contribution in [2.24, 2.45) is 0 Å². The zero-order valence-electron chi connectivity index (χ0n) is 13.7. The second-order valence-electron chi connectivity index (χ2n) is 5.61. The van der Waals surface area contributed by atoms with E-state index in [1.807, 2.05) is 36.4 Å². The summed E-state index contributed by atoms with van der Waals surface area (Å²) in [6.45, 7) is 2.71. The summed E-state index contributed by atoms with van der Waals surface area (Å²) in [5.74, 6) is 0.330. The molecule has 0 radical (unpaired) electrons. The van der Waals surface area contributed by atoms with Crippen molar-refractivity contribution in [3.8, 4) is 0 Å². The molecule has 126 valence electrons. The number of carbonyl (C=O) groups excluding carboxylic acids is 1. The van der Waals surface area contributed by atoms with Crippen molar-refractivity contribution < 1.29 is 4.79 Å². The Morgan fingerprint density at radius 1 is 1.04 bits per heavy atom. The Bertz CT molecular complexity index is 881. The minimum Gasteiger partial charge on any atom is -0.365 e. The van der Waals surface area contributed by atoms with Crippen LogP contribution in [-0.4, -0.2) is 16.1 Å². The second-order valence-corrected chi connectivity index (χ2v) is 6.53. The lowest BCUT2D eigenvalue weighted by molar-refractivity contribution is 0.102. The van der Waals surface area contributed by atoms with Crippen molar-refractivity contribution in [3.63, 3.8) is 0 Å². The van der Waals surface area contributed by atoms with Gasteiger partial charge in [0.15, 0.2) is 5.69 Å². The number of nitrogens with zero attached hydrogens (tertiary/aromatic N) is 2. The number of aromatic nitrogens is 2. The maximum atomic E-state index is 12.2. The second kappa shape index (κ2) is 7.90. The van der Waals surface area contributed by atoms with Gasteiger partial charge in [0.1, 0.15) is 5.82 Å². The van der Waals surface area contributed by atoms with Crippen LogP contribution in [-0.2, 0) is 6.54 Å². The summed E-state index contributed by atoms with van der Waals surface area (Å²) < 4.78 is 0.895. The van der Waals surface area contributed by atoms with Crippen LogP contribution in [0.2, 0.25) is 0 Å². The van der Waals surface area contributed by atoms with Crippen molar-refractivity contribution in [1.29, 1.82) is 0 Å². The third kappa shape index (κ3) is 4.87. The quantitative estimate of drug-likeness (QED) is 0.669. The first-order valence-electron chi connectivity index (χ1n) is 7.80. The van der Waals surface area contributed by atoms with Gasteiger partial charge in [-0.1, -0.05) is 51.8 Å². The van der Waals surface area contributed by atoms with Gasteiger partial charge in [0, 0.05) is 16.7 Å². The van der Waals surface area contributed by atoms with Crippen LogP contribution < -0.4 is 10.6 Å². The van der Waals surface area contributed by atoms with Gasteiger partial charge in [-0.25, -0.2) is 0 Å². The fourth-order valence-electron chi connectivity index (χ4n) is 2.32. The van der Waals surface area contributed by atoms with Gasteiger partial charge >= 0.3 is 0 Å². The Balaban J connectivity index is 1.60. The zero-order chi connectivity index (χ0) is 17.6. The van der Waals surface area contributed by atoms with Gasteiger partial charge in [0.05, 0.1) is 0 Å². The van der Waals surface area contributed by atoms with Gasteiger partial charge in [-0.15, -0.1) is 10.2 Å². The first-order valence-corrected chi connectivity index (χ1v) is 8.59. The number of hydrogen-bond acceptors (Lipinski definition) is 4. The van der Waals surface area contributed by atoms with E-state index in [2.05, 4.69) is 55.8 Å². The van der Waals surface area contributed by atoms with Gasteiger partial charge in [-0.3, -0.25) is 4.79 Å². The summed E-state index contributed by atoms with van der Waals surface area (Å²) in [7, 11) is 0. The summed E-state index contributed by atoms with van der Waals surface area (Å²) >= 11 is 3.37. The predicted molar refractivity (Wildman–Crippen MR) is 103 cm³/mol. The lowest BCUT2D eigenvalue weighted by Crippen LogP contribution is -2.14. The van der Waals surface area contributed by atoms with Crippen molar-refractivity contribution in [2.45, 2.75) is 13.5 Å². The number of benzene rings is 2. The van der Waals surface area contributed by atoms with Crippen LogP contribution in [0.4, 0.5) is 11.5 Å². The predicted octanol–water partition coefficient (Wildman–Crippen LogP) is 4.41. The number of nitrogens with one attached hydrogen (secondary N) is 2. The van der Waals surface area contributed by atoms with Crippen LogP contribution in [0.1, 0.15) is 21.6 Å². The molecule has 6 heteroatoms. The van der Waals surface area contributed by atoms with E-state index >= 15 is 0 Å². The molecule has 0 atom stereocenters. The molecule has 1 aromatic heterocycles. The Morgan fingerprint density at radius 2 is 1.88 bits per heavy atom. The Morgan fingerprint density at radius 3 is 2.60 bits per heavy atom. The van der Waals surface area contributed by atoms with Gasteiger partial charge in [-0.2, -0.15) is 0 Å². The third-order valence-electron chi connectivity index (χ3n) is 3.54. The van der Waals surface area contributed by atoms with Crippen molar-refractivity contribution >= 4 is 33.3 Å². The van der Waals surface area contributed by atoms with Crippen LogP contribution in [0.3, 0.4) is 0 Å². The third-order valence-corrected chi connectivity index (χ3v) is 4.03. The smallest absolute Gasteiger partial charge is 0.276 e. The summed E-state index contributed by atoms with van der Waals surface area (Å²) in [5, 5.41) is 14.0. The fraction of sp³-hybridized carbons (Fsp3) is 0.105. The molecule has 1 heterocycles. The monoisotopic (exact) mass is 396 g/mol. The van der Waals surface area contributed by atoms with E-state index < -0.39 is 0 Å². The highest BCUT2D eigenvalue weighted by atomic mass is 79.9. The van der Waals surface area contributed by atoms with Gasteiger partial charge in [0.25, 0.3) is 5.91 Å². The van der Waals surface area contributed by atoms with Crippen LogP contribution in [0, 0.1) is 6.92 Å². The standard InChI is InChI=1S/C19H17BrN4O/c1-13-4-2-5-14(10-13)12-21-18-9-8-17(23-24-18)19(25)22-16-7-3-6-15(20)11-16/h2-11H,12H2,1H3,(H,21,24)(H,22,25). The zero-order valence-corrected chi connectivity index (χ0v) is 15.2. The summed E-state index contributed by atoms with van der Waals surface area (Å²) in [5.41, 5.74) is 3.34. The van der Waals surface area contributed by atoms with E-state index in [9.17, 15) is 4.79 Å². The number of aryl methyl sites for hydroxylation is 1. The van der Waals surface area contributed by atoms with E-state index in [4.69, 9.17) is 0 Å². The first-order chi connectivity index (χ1) is 12.1. The summed E-state index contributed by atoms with van der Waals surface area (Å²) in [6, 6.07) is 19.0. The van der Waals surface area contributed by atoms with E-state index in [0.717, 1.165) is 4.47 Å². The molecule has 0 saturated heterocycles. The van der Waals surface area contributed by atoms with Crippen LogP contribution >= 0.6 is 15.9 Å². The Kier molecular flexibility index (Phi) is 5.40. The minimum absolute atomic E-state index is 0.265. The van der Waals surface area contributed by atoms with Crippen molar-refractivity contribution in [3.05, 3.63) is 82.0 Å². The summed E-state index contributed by atoms with van der Waals surface area (Å²) in [6.07, 6.45) is 0. The molecule has 0 unspecified atom stereocenters. The average Bonchev–Trinajstić information content (AvgIpc) is 2.60. The SMILES string of the molecule is Cc1cccc(CNc2ccc(C(=O)Nc3cccc(Br)c3)nn2)c1. The molecule has 1 amide bonds. The molecule has 0 aliphatic carbocycles. The van der Waals surface area contributed by atoms with Crippen LogP contribution in [0.5, 0.6) is 0 Å². The van der Waals surface area contributed by atoms with Gasteiger partial charge < -0.3 is 10.6 Å². The first kappa shape index (κ1) is 17.1. The lowest BCUT2D eigenvalue weighted by Gasteiger charge is -2.07. The normalized spacial score (nSPS) is 10.3. The molecular weight excluding hydrogens is 380 g/mol. The molecule has 2 aromatic carbocycles. The van der Waals surface area contributed by atoms with Crippen LogP contribution in [0.25, 0.3) is 0 Å². The maximum absolute atomic E-state index is 12.2. The van der Waals surface area contributed by atoms with Crippen LogP contribution in [0.15, 0.2) is 65.1 Å². The molecule has 5 nitrogen and oxygen atoms in total. The molecule has 0 bridgehead atoms. The molecule has 2 N–H and O–H groups in total. The van der Waals surface area contributed by atoms with Crippen molar-refractivity contribution in [2.75, 3.05) is 10.6 Å². The lowest BCUT2D eigenvalue weighted by atomic mass is 10.1. The number of carbonyl (C=O) groups is 1. The molecule has 3 aromatic rings. The highest BCUT2D eigenvalue weighted by Crippen LogP contribution is 2.16. The molecule has 0 spiro atoms. The van der Waals surface area contributed by atoms with Gasteiger partial charge in [0.2, 0.25) is 0 Å². The topological polar surface area (TPSA) is 66.9 Å². The number of hydrogen-bond donors (Lipinski definition) is 2. The molecule has 25 heavy (non-hydrogen) atoms. The number of amides is 1. The van der Waals surface area contributed by atoms with E-state index in [-0.39, 0.29) is 11.6 Å². The van der Waals surface area contributed by atoms with E-state index in [0.29, 0.717) is 18.1 Å². The number of halogens is 1. The van der Waals surface area contributed by atoms with Crippen molar-refractivity contribution in [1.82, 2.24) is 10.2 Å². The molecule has 3 rings (SSSR count). The molecule has 0 saturated carbocycles. The molecule has 0 fully saturated rings. The Labute approximate surface area is 154 Å². The molecule has 0 aliphatic rings. The highest BCUT2D eigenvalue weighted by Gasteiger charge is 2.09. The number of rotatable bonds is 5. The van der Waals surface area contributed by atoms with Gasteiger partial charge in [-0.05, 0) is 42.8 Å². The number of anilines is 2. The van der Waals surface area contributed by atoms with E-state index in [1.165, 1.54) is 11.1 Å². The maximum Gasteiger partial charge on any atom is 0.276 e. The minimum atomic E-state index is -0.296. The average molecular weight is 397 g/mol. The Hall–Kier alpha value is -2.73. The van der Waals surface area contributed by atoms with E-state index in [1.54, 1.807) is 12.1 Å². The largest absolute Gasteiger partial charge is 0.365 e. The molecular formula is C19H17BrN4O.